The quantitative estimate of drug-likeness (QED) is 0.851. The van der Waals surface area contributed by atoms with Crippen LogP contribution in [0.1, 0.15) is 18.9 Å². The number of nitrogens with zero attached hydrogens (tertiary/aromatic N) is 1. The van der Waals surface area contributed by atoms with Gasteiger partial charge in [0.1, 0.15) is 4.99 Å². The maximum atomic E-state index is 12.4. The van der Waals surface area contributed by atoms with Gasteiger partial charge >= 0.3 is 0 Å². The van der Waals surface area contributed by atoms with Crippen molar-refractivity contribution in [2.24, 2.45) is 11.7 Å². The summed E-state index contributed by atoms with van der Waals surface area (Å²) in [5.74, 6) is 0.415. The Morgan fingerprint density at radius 2 is 2.22 bits per heavy atom. The molecule has 0 aliphatic carbocycles. The van der Waals surface area contributed by atoms with Gasteiger partial charge in [-0.25, -0.2) is 8.42 Å². The molecule has 0 aromatic heterocycles. The highest BCUT2D eigenvalue weighted by Crippen LogP contribution is 2.24. The average molecular weight is 284 g/mol. The molecule has 4 nitrogen and oxygen atoms in total. The van der Waals surface area contributed by atoms with E-state index in [1.165, 1.54) is 4.31 Å². The van der Waals surface area contributed by atoms with Crippen LogP contribution in [0.2, 0.25) is 0 Å². The van der Waals surface area contributed by atoms with Crippen LogP contribution in [-0.2, 0) is 10.0 Å². The van der Waals surface area contributed by atoms with Crippen LogP contribution in [0, 0.1) is 5.92 Å². The molecule has 1 aromatic carbocycles. The van der Waals surface area contributed by atoms with Crippen molar-refractivity contribution in [1.82, 2.24) is 4.31 Å². The average Bonchev–Trinajstić information content (AvgIpc) is 2.77. The van der Waals surface area contributed by atoms with Gasteiger partial charge in [0, 0.05) is 18.7 Å². The predicted octanol–water partition coefficient (Wildman–Crippen LogP) is 1.35. The van der Waals surface area contributed by atoms with Crippen LogP contribution >= 0.6 is 12.2 Å². The number of rotatable bonds is 3. The van der Waals surface area contributed by atoms with E-state index in [0.29, 0.717) is 24.6 Å². The van der Waals surface area contributed by atoms with Gasteiger partial charge in [0.15, 0.2) is 0 Å². The van der Waals surface area contributed by atoms with E-state index >= 15 is 0 Å². The van der Waals surface area contributed by atoms with Gasteiger partial charge in [0.2, 0.25) is 10.0 Å². The fourth-order valence-corrected chi connectivity index (χ4v) is 3.82. The van der Waals surface area contributed by atoms with Gasteiger partial charge in [0.05, 0.1) is 4.90 Å². The summed E-state index contributed by atoms with van der Waals surface area (Å²) in [4.78, 5) is 0.476. The van der Waals surface area contributed by atoms with E-state index in [1.807, 2.05) is 0 Å². The van der Waals surface area contributed by atoms with Crippen LogP contribution < -0.4 is 5.73 Å². The molecular weight excluding hydrogens is 268 g/mol. The molecule has 0 spiro atoms. The third-order valence-electron chi connectivity index (χ3n) is 3.14. The molecule has 0 radical (unpaired) electrons. The number of sulfonamides is 1. The Morgan fingerprint density at radius 1 is 1.50 bits per heavy atom. The van der Waals surface area contributed by atoms with Crippen molar-refractivity contribution in [2.45, 2.75) is 18.2 Å². The highest BCUT2D eigenvalue weighted by atomic mass is 32.2. The largest absolute Gasteiger partial charge is 0.389 e. The van der Waals surface area contributed by atoms with Crippen LogP contribution in [0.25, 0.3) is 0 Å². The molecule has 2 rings (SSSR count). The Labute approximate surface area is 113 Å². The standard InChI is InChI=1S/C12H16N2O2S2/c1-9-5-6-14(8-9)18(15,16)11-4-2-3-10(7-11)12(13)17/h2-4,7,9H,5-6,8H2,1H3,(H2,13,17). The lowest BCUT2D eigenvalue weighted by molar-refractivity contribution is 0.464. The van der Waals surface area contributed by atoms with E-state index in [9.17, 15) is 8.42 Å². The minimum atomic E-state index is -3.41. The summed E-state index contributed by atoms with van der Waals surface area (Å²) in [7, 11) is -3.41. The summed E-state index contributed by atoms with van der Waals surface area (Å²) < 4.78 is 26.3. The zero-order chi connectivity index (χ0) is 13.3. The van der Waals surface area contributed by atoms with E-state index in [4.69, 9.17) is 18.0 Å². The fraction of sp³-hybridized carbons (Fsp3) is 0.417. The summed E-state index contributed by atoms with van der Waals surface area (Å²) in [6, 6.07) is 6.51. The zero-order valence-electron chi connectivity index (χ0n) is 10.2. The van der Waals surface area contributed by atoms with Gasteiger partial charge in [-0.3, -0.25) is 0 Å². The number of hydrogen-bond donors (Lipinski definition) is 1. The topological polar surface area (TPSA) is 63.4 Å². The molecule has 2 N–H and O–H groups in total. The summed E-state index contributed by atoms with van der Waals surface area (Å²) in [5.41, 5.74) is 6.11. The zero-order valence-corrected chi connectivity index (χ0v) is 11.8. The SMILES string of the molecule is CC1CCN(S(=O)(=O)c2cccc(C(N)=S)c2)C1. The lowest BCUT2D eigenvalue weighted by atomic mass is 10.2. The number of nitrogens with two attached hydrogens (primary N) is 1. The summed E-state index contributed by atoms with van der Waals surface area (Å²) in [6.45, 7) is 3.22. The van der Waals surface area contributed by atoms with E-state index < -0.39 is 10.0 Å². The van der Waals surface area contributed by atoms with Crippen molar-refractivity contribution in [3.05, 3.63) is 29.8 Å². The third kappa shape index (κ3) is 2.55. The molecule has 6 heteroatoms. The van der Waals surface area contributed by atoms with E-state index in [0.717, 1.165) is 6.42 Å². The van der Waals surface area contributed by atoms with Gasteiger partial charge in [-0.15, -0.1) is 0 Å². The number of hydrogen-bond acceptors (Lipinski definition) is 3. The Balaban J connectivity index is 2.35. The molecule has 1 unspecified atom stereocenters. The fourth-order valence-electron chi connectivity index (χ4n) is 2.07. The first-order valence-electron chi connectivity index (χ1n) is 5.81. The Morgan fingerprint density at radius 3 is 2.78 bits per heavy atom. The third-order valence-corrected chi connectivity index (χ3v) is 5.24. The molecule has 1 fully saturated rings. The number of benzene rings is 1. The van der Waals surface area contributed by atoms with E-state index in [1.54, 1.807) is 24.3 Å². The molecule has 0 saturated carbocycles. The molecule has 0 bridgehead atoms. The minimum Gasteiger partial charge on any atom is -0.389 e. The van der Waals surface area contributed by atoms with Crippen molar-refractivity contribution in [1.29, 1.82) is 0 Å². The lowest BCUT2D eigenvalue weighted by Gasteiger charge is -2.16. The molecule has 1 saturated heterocycles. The lowest BCUT2D eigenvalue weighted by Crippen LogP contribution is -2.28. The highest BCUT2D eigenvalue weighted by molar-refractivity contribution is 7.89. The summed E-state index contributed by atoms with van der Waals surface area (Å²) >= 11 is 4.87. The Kier molecular flexibility index (Phi) is 3.70. The Hall–Kier alpha value is -0.980. The van der Waals surface area contributed by atoms with Crippen molar-refractivity contribution in [3.63, 3.8) is 0 Å². The van der Waals surface area contributed by atoms with Gasteiger partial charge < -0.3 is 5.73 Å². The maximum absolute atomic E-state index is 12.4. The molecule has 1 atom stereocenters. The normalized spacial score (nSPS) is 21.1. The van der Waals surface area contributed by atoms with Crippen molar-refractivity contribution >= 4 is 27.2 Å². The molecule has 18 heavy (non-hydrogen) atoms. The first-order chi connectivity index (χ1) is 8.41. The van der Waals surface area contributed by atoms with Crippen molar-refractivity contribution in [2.75, 3.05) is 13.1 Å². The van der Waals surface area contributed by atoms with Gasteiger partial charge in [-0.1, -0.05) is 31.3 Å². The summed E-state index contributed by atoms with van der Waals surface area (Å²) in [5, 5.41) is 0. The van der Waals surface area contributed by atoms with Crippen LogP contribution in [0.15, 0.2) is 29.2 Å². The first-order valence-corrected chi connectivity index (χ1v) is 7.66. The highest BCUT2D eigenvalue weighted by Gasteiger charge is 2.30. The smallest absolute Gasteiger partial charge is 0.243 e. The second-order valence-electron chi connectivity index (χ2n) is 4.65. The summed E-state index contributed by atoms with van der Waals surface area (Å²) in [6.07, 6.45) is 0.911. The van der Waals surface area contributed by atoms with Crippen LogP contribution in [0.4, 0.5) is 0 Å². The first kappa shape index (κ1) is 13.5. The molecule has 1 heterocycles. The van der Waals surface area contributed by atoms with E-state index in [2.05, 4.69) is 6.92 Å². The molecule has 98 valence electrons. The van der Waals surface area contributed by atoms with Crippen molar-refractivity contribution < 1.29 is 8.42 Å². The molecule has 1 aromatic rings. The maximum Gasteiger partial charge on any atom is 0.243 e. The van der Waals surface area contributed by atoms with Gasteiger partial charge in [-0.2, -0.15) is 4.31 Å². The van der Waals surface area contributed by atoms with Crippen LogP contribution in [0.5, 0.6) is 0 Å². The van der Waals surface area contributed by atoms with E-state index in [-0.39, 0.29) is 9.88 Å². The molecule has 1 aliphatic heterocycles. The molecular formula is C12H16N2O2S2. The second kappa shape index (κ2) is 4.95. The Bertz CT molecular complexity index is 569. The predicted molar refractivity (Wildman–Crippen MR) is 74.9 cm³/mol. The monoisotopic (exact) mass is 284 g/mol. The second-order valence-corrected chi connectivity index (χ2v) is 7.03. The van der Waals surface area contributed by atoms with Crippen LogP contribution in [-0.4, -0.2) is 30.8 Å². The van der Waals surface area contributed by atoms with Crippen LogP contribution in [0.3, 0.4) is 0 Å². The van der Waals surface area contributed by atoms with Gasteiger partial charge in [0.25, 0.3) is 0 Å². The van der Waals surface area contributed by atoms with Crippen molar-refractivity contribution in [3.8, 4) is 0 Å². The molecule has 1 aliphatic rings. The number of thiocarbonyl (C=S) groups is 1. The minimum absolute atomic E-state index is 0.210. The molecule has 0 amide bonds. The van der Waals surface area contributed by atoms with Gasteiger partial charge in [-0.05, 0) is 24.5 Å².